The predicted molar refractivity (Wildman–Crippen MR) is 100 cm³/mol. The lowest BCUT2D eigenvalue weighted by molar-refractivity contribution is -0.139. The first kappa shape index (κ1) is 18.4. The van der Waals surface area contributed by atoms with Gasteiger partial charge in [-0.05, 0) is 25.5 Å². The van der Waals surface area contributed by atoms with Gasteiger partial charge in [0.05, 0.1) is 5.36 Å². The molecule has 0 amide bonds. The van der Waals surface area contributed by atoms with E-state index in [9.17, 15) is 14.7 Å². The summed E-state index contributed by atoms with van der Waals surface area (Å²) in [7, 11) is 0. The van der Waals surface area contributed by atoms with Crippen LogP contribution in [-0.2, 0) is 9.59 Å². The molecular weight excluding hydrogens is 346 g/mol. The summed E-state index contributed by atoms with van der Waals surface area (Å²) in [5.41, 5.74) is 2.41. The minimum absolute atomic E-state index is 0.0787. The van der Waals surface area contributed by atoms with Crippen LogP contribution in [0.4, 0.5) is 0 Å². The van der Waals surface area contributed by atoms with E-state index in [0.717, 1.165) is 11.1 Å². The van der Waals surface area contributed by atoms with Crippen LogP contribution < -0.4 is 5.36 Å². The molecule has 0 aliphatic rings. The van der Waals surface area contributed by atoms with Crippen molar-refractivity contribution in [1.82, 2.24) is 0 Å². The summed E-state index contributed by atoms with van der Waals surface area (Å²) >= 11 is 0. The molecule has 3 aromatic rings. The van der Waals surface area contributed by atoms with E-state index in [1.165, 1.54) is 0 Å². The molecule has 0 fully saturated rings. The lowest BCUT2D eigenvalue weighted by atomic mass is 10.1. The molecule has 6 nitrogen and oxygen atoms in total. The third-order valence-corrected chi connectivity index (χ3v) is 4.17. The number of carbonyl (C=O) groups is 2. The van der Waals surface area contributed by atoms with E-state index in [1.54, 1.807) is 6.07 Å². The van der Waals surface area contributed by atoms with Crippen LogP contribution in [0.25, 0.3) is 22.3 Å². The average molecular weight is 365 g/mol. The minimum atomic E-state index is -1.15. The van der Waals surface area contributed by atoms with E-state index in [2.05, 4.69) is 4.99 Å². The van der Waals surface area contributed by atoms with Crippen molar-refractivity contribution in [3.63, 3.8) is 0 Å². The van der Waals surface area contributed by atoms with Gasteiger partial charge in [0, 0.05) is 23.4 Å². The number of rotatable bonds is 6. The summed E-state index contributed by atoms with van der Waals surface area (Å²) < 4.78 is 5.98. The largest absolute Gasteiger partial charge is 0.481 e. The van der Waals surface area contributed by atoms with Gasteiger partial charge in [-0.3, -0.25) is 9.79 Å². The van der Waals surface area contributed by atoms with Crippen LogP contribution in [0.2, 0.25) is 0 Å². The molecule has 138 valence electrons. The molecule has 1 atom stereocenters. The highest BCUT2D eigenvalue weighted by Gasteiger charge is 2.18. The summed E-state index contributed by atoms with van der Waals surface area (Å²) in [6.45, 7) is 1.92. The van der Waals surface area contributed by atoms with Gasteiger partial charge < -0.3 is 14.6 Å². The van der Waals surface area contributed by atoms with Gasteiger partial charge in [0.1, 0.15) is 17.4 Å². The maximum absolute atomic E-state index is 11.6. The van der Waals surface area contributed by atoms with Crippen LogP contribution in [0.1, 0.15) is 18.4 Å². The van der Waals surface area contributed by atoms with E-state index >= 15 is 0 Å². The summed E-state index contributed by atoms with van der Waals surface area (Å²) in [5, 5.41) is 19.5. The highest BCUT2D eigenvalue weighted by molar-refractivity contribution is 5.80. The van der Waals surface area contributed by atoms with Crippen molar-refractivity contribution in [2.75, 3.05) is 0 Å². The molecule has 3 rings (SSSR count). The Bertz CT molecular complexity index is 1050. The van der Waals surface area contributed by atoms with Crippen LogP contribution in [-0.4, -0.2) is 28.2 Å². The number of fused-ring (bicyclic) bond motifs is 1. The molecule has 1 heterocycles. The SMILES string of the molecule is Cc1ccc2oc(-c3ccccc3)cc(=N[C@H](CCC(=O)O)C(=O)O)c2c1. The zero-order chi connectivity index (χ0) is 19.4. The standard InChI is InChI=1S/C21H19NO5/c1-13-7-9-18-15(11-13)17(22-16(21(25)26)8-10-20(23)24)12-19(27-18)14-5-3-2-4-6-14/h2-7,9,11-12,16H,8,10H2,1H3,(H,23,24)(H,25,26)/t16-/m1/s1. The number of carboxylic acids is 2. The third-order valence-electron chi connectivity index (χ3n) is 4.17. The maximum atomic E-state index is 11.6. The summed E-state index contributed by atoms with van der Waals surface area (Å²) in [6, 6.07) is 15.6. The molecule has 0 aliphatic carbocycles. The number of aryl methyl sites for hydroxylation is 1. The lowest BCUT2D eigenvalue weighted by Gasteiger charge is -2.09. The number of nitrogens with zero attached hydrogens (tertiary/aromatic N) is 1. The highest BCUT2D eigenvalue weighted by Crippen LogP contribution is 2.22. The van der Waals surface area contributed by atoms with Crippen molar-refractivity contribution >= 4 is 22.9 Å². The maximum Gasteiger partial charge on any atom is 0.328 e. The Balaban J connectivity index is 2.20. The molecule has 2 N–H and O–H groups in total. The topological polar surface area (TPSA) is 100 Å². The van der Waals surface area contributed by atoms with Gasteiger partial charge in [-0.1, -0.05) is 42.0 Å². The number of hydrogen-bond acceptors (Lipinski definition) is 4. The van der Waals surface area contributed by atoms with E-state index in [-0.39, 0.29) is 12.8 Å². The first-order valence-electron chi connectivity index (χ1n) is 8.52. The normalized spacial score (nSPS) is 12.9. The number of benzene rings is 2. The van der Waals surface area contributed by atoms with E-state index < -0.39 is 18.0 Å². The van der Waals surface area contributed by atoms with Gasteiger partial charge >= 0.3 is 11.9 Å². The molecular formula is C21H19NO5. The number of aliphatic carboxylic acids is 2. The van der Waals surface area contributed by atoms with E-state index in [4.69, 9.17) is 9.52 Å². The molecule has 0 radical (unpaired) electrons. The van der Waals surface area contributed by atoms with E-state index in [0.29, 0.717) is 22.1 Å². The van der Waals surface area contributed by atoms with Gasteiger partial charge in [-0.2, -0.15) is 0 Å². The van der Waals surface area contributed by atoms with Gasteiger partial charge in [0.2, 0.25) is 0 Å². The van der Waals surface area contributed by atoms with Crippen LogP contribution in [0, 0.1) is 6.92 Å². The molecule has 2 aromatic carbocycles. The molecule has 0 aliphatic heterocycles. The highest BCUT2D eigenvalue weighted by atomic mass is 16.4. The fourth-order valence-electron chi connectivity index (χ4n) is 2.81. The van der Waals surface area contributed by atoms with Crippen molar-refractivity contribution in [1.29, 1.82) is 0 Å². The van der Waals surface area contributed by atoms with Crippen LogP contribution in [0.15, 0.2) is 64.0 Å². The number of hydrogen-bond donors (Lipinski definition) is 2. The van der Waals surface area contributed by atoms with Crippen LogP contribution >= 0.6 is 0 Å². The van der Waals surface area contributed by atoms with Crippen molar-refractivity contribution < 1.29 is 24.2 Å². The first-order valence-corrected chi connectivity index (χ1v) is 8.52. The second kappa shape index (κ2) is 7.86. The van der Waals surface area contributed by atoms with Crippen LogP contribution in [0.3, 0.4) is 0 Å². The molecule has 6 heteroatoms. The zero-order valence-corrected chi connectivity index (χ0v) is 14.8. The van der Waals surface area contributed by atoms with Gasteiger partial charge in [0.25, 0.3) is 0 Å². The Morgan fingerprint density at radius 1 is 1.07 bits per heavy atom. The fraction of sp³-hybridized carbons (Fsp3) is 0.190. The molecule has 0 saturated heterocycles. The summed E-state index contributed by atoms with van der Waals surface area (Å²) in [5.74, 6) is -1.64. The fourth-order valence-corrected chi connectivity index (χ4v) is 2.81. The Hall–Kier alpha value is -3.41. The first-order chi connectivity index (χ1) is 12.9. The summed E-state index contributed by atoms with van der Waals surface area (Å²) in [4.78, 5) is 26.8. The predicted octanol–water partition coefficient (Wildman–Crippen LogP) is 3.63. The van der Waals surface area contributed by atoms with Gasteiger partial charge in [-0.15, -0.1) is 0 Å². The third kappa shape index (κ3) is 4.41. The quantitative estimate of drug-likeness (QED) is 0.695. The van der Waals surface area contributed by atoms with Gasteiger partial charge in [0.15, 0.2) is 0 Å². The van der Waals surface area contributed by atoms with Crippen LogP contribution in [0.5, 0.6) is 0 Å². The molecule has 0 spiro atoms. The van der Waals surface area contributed by atoms with Crippen molar-refractivity contribution in [2.24, 2.45) is 4.99 Å². The number of carboxylic acid groups (broad SMARTS) is 2. The molecule has 0 unspecified atom stereocenters. The molecule has 0 saturated carbocycles. The second-order valence-electron chi connectivity index (χ2n) is 6.28. The average Bonchev–Trinajstić information content (AvgIpc) is 2.65. The Kier molecular flexibility index (Phi) is 5.35. The second-order valence-corrected chi connectivity index (χ2v) is 6.28. The molecule has 1 aromatic heterocycles. The minimum Gasteiger partial charge on any atom is -0.481 e. The van der Waals surface area contributed by atoms with E-state index in [1.807, 2.05) is 55.5 Å². The Morgan fingerprint density at radius 3 is 2.48 bits per heavy atom. The van der Waals surface area contributed by atoms with Crippen molar-refractivity contribution in [2.45, 2.75) is 25.8 Å². The van der Waals surface area contributed by atoms with Gasteiger partial charge in [-0.25, -0.2) is 4.79 Å². The molecule has 0 bridgehead atoms. The smallest absolute Gasteiger partial charge is 0.328 e. The zero-order valence-electron chi connectivity index (χ0n) is 14.8. The summed E-state index contributed by atoms with van der Waals surface area (Å²) in [6.07, 6.45) is -0.342. The lowest BCUT2D eigenvalue weighted by Crippen LogP contribution is -2.22. The monoisotopic (exact) mass is 365 g/mol. The van der Waals surface area contributed by atoms with Crippen molar-refractivity contribution in [3.05, 3.63) is 65.5 Å². The molecule has 27 heavy (non-hydrogen) atoms. The Labute approximate surface area is 155 Å². The Morgan fingerprint density at radius 2 is 1.81 bits per heavy atom. The van der Waals surface area contributed by atoms with Crippen molar-refractivity contribution in [3.8, 4) is 11.3 Å².